The van der Waals surface area contributed by atoms with Crippen LogP contribution in [0.3, 0.4) is 0 Å². The topological polar surface area (TPSA) is 75.7 Å². The Kier molecular flexibility index (Phi) is 6.09. The molecule has 1 heterocycles. The van der Waals surface area contributed by atoms with Crippen molar-refractivity contribution in [2.24, 2.45) is 5.92 Å². The standard InChI is InChI=1S/C22H24N2O4/c1-15-8-10-19(11-9-15)23-21(26)16(2)28-22(27)18-12-20(25)24(14-18)13-17-6-4-3-5-7-17/h3-11,16,18H,12-14H2,1-2H3,(H,23,26)/t16-,18+/m1/s1. The molecular weight excluding hydrogens is 356 g/mol. The van der Waals surface area contributed by atoms with Crippen LogP contribution in [-0.2, 0) is 25.7 Å². The van der Waals surface area contributed by atoms with E-state index in [0.717, 1.165) is 11.1 Å². The van der Waals surface area contributed by atoms with Gasteiger partial charge in [-0.05, 0) is 31.5 Å². The number of carbonyl (C=O) groups is 3. The van der Waals surface area contributed by atoms with Crippen LogP contribution in [0.2, 0.25) is 0 Å². The molecule has 1 saturated heterocycles. The molecule has 0 aromatic heterocycles. The lowest BCUT2D eigenvalue weighted by Gasteiger charge is -2.18. The van der Waals surface area contributed by atoms with Crippen molar-refractivity contribution in [3.05, 3.63) is 65.7 Å². The predicted molar refractivity (Wildman–Crippen MR) is 105 cm³/mol. The van der Waals surface area contributed by atoms with Crippen LogP contribution in [0.4, 0.5) is 5.69 Å². The molecular formula is C22H24N2O4. The summed E-state index contributed by atoms with van der Waals surface area (Å²) in [5.74, 6) is -1.55. The molecule has 6 nitrogen and oxygen atoms in total. The Balaban J connectivity index is 1.51. The minimum Gasteiger partial charge on any atom is -0.452 e. The Morgan fingerprint density at radius 1 is 1.14 bits per heavy atom. The molecule has 28 heavy (non-hydrogen) atoms. The summed E-state index contributed by atoms with van der Waals surface area (Å²) >= 11 is 0. The number of benzene rings is 2. The van der Waals surface area contributed by atoms with Crippen molar-refractivity contribution in [1.29, 1.82) is 0 Å². The second kappa shape index (κ2) is 8.69. The Hall–Kier alpha value is -3.15. The number of likely N-dealkylation sites (tertiary alicyclic amines) is 1. The quantitative estimate of drug-likeness (QED) is 0.782. The molecule has 2 amide bonds. The highest BCUT2D eigenvalue weighted by Crippen LogP contribution is 2.22. The highest BCUT2D eigenvalue weighted by atomic mass is 16.5. The minimum atomic E-state index is -0.938. The zero-order valence-electron chi connectivity index (χ0n) is 16.1. The molecule has 0 unspecified atom stereocenters. The number of hydrogen-bond donors (Lipinski definition) is 1. The Bertz CT molecular complexity index is 849. The van der Waals surface area contributed by atoms with Crippen molar-refractivity contribution in [3.63, 3.8) is 0 Å². The average molecular weight is 380 g/mol. The average Bonchev–Trinajstić information content (AvgIpc) is 3.05. The highest BCUT2D eigenvalue weighted by molar-refractivity contribution is 5.95. The van der Waals surface area contributed by atoms with Crippen LogP contribution < -0.4 is 5.32 Å². The zero-order chi connectivity index (χ0) is 20.1. The van der Waals surface area contributed by atoms with E-state index in [0.29, 0.717) is 18.8 Å². The Morgan fingerprint density at radius 3 is 2.50 bits per heavy atom. The van der Waals surface area contributed by atoms with Crippen molar-refractivity contribution in [2.75, 3.05) is 11.9 Å². The molecule has 2 aromatic carbocycles. The minimum absolute atomic E-state index is 0.0810. The lowest BCUT2D eigenvalue weighted by atomic mass is 10.1. The van der Waals surface area contributed by atoms with Gasteiger partial charge in [0.05, 0.1) is 5.92 Å². The second-order valence-electron chi connectivity index (χ2n) is 7.10. The van der Waals surface area contributed by atoms with Crippen LogP contribution in [0.1, 0.15) is 24.5 Å². The summed E-state index contributed by atoms with van der Waals surface area (Å²) < 4.78 is 5.31. The van der Waals surface area contributed by atoms with E-state index < -0.39 is 23.9 Å². The molecule has 1 aliphatic rings. The third-order valence-corrected chi connectivity index (χ3v) is 4.75. The van der Waals surface area contributed by atoms with Gasteiger partial charge in [-0.15, -0.1) is 0 Å². The fourth-order valence-corrected chi connectivity index (χ4v) is 3.09. The maximum Gasteiger partial charge on any atom is 0.312 e. The van der Waals surface area contributed by atoms with Crippen molar-refractivity contribution >= 4 is 23.5 Å². The third kappa shape index (κ3) is 4.97. The van der Waals surface area contributed by atoms with Gasteiger partial charge in [0.1, 0.15) is 0 Å². The van der Waals surface area contributed by atoms with E-state index in [2.05, 4.69) is 5.32 Å². The molecule has 1 fully saturated rings. The summed E-state index contributed by atoms with van der Waals surface area (Å²) in [6.07, 6.45) is -0.829. The molecule has 1 aliphatic heterocycles. The molecule has 0 radical (unpaired) electrons. The summed E-state index contributed by atoms with van der Waals surface area (Å²) in [5, 5.41) is 2.72. The normalized spacial score (nSPS) is 17.3. The van der Waals surface area contributed by atoms with Crippen LogP contribution in [0, 0.1) is 12.8 Å². The van der Waals surface area contributed by atoms with Crippen LogP contribution in [0.15, 0.2) is 54.6 Å². The SMILES string of the molecule is Cc1ccc(NC(=O)[C@@H](C)OC(=O)[C@H]2CC(=O)N(Cc3ccccc3)C2)cc1. The first-order valence-corrected chi connectivity index (χ1v) is 9.32. The molecule has 0 aliphatic carbocycles. The first kappa shape index (κ1) is 19.6. The number of aryl methyl sites for hydroxylation is 1. The summed E-state index contributed by atoms with van der Waals surface area (Å²) in [6, 6.07) is 17.0. The third-order valence-electron chi connectivity index (χ3n) is 4.75. The number of rotatable bonds is 6. The molecule has 6 heteroatoms. The molecule has 2 aromatic rings. The number of ether oxygens (including phenoxy) is 1. The van der Waals surface area contributed by atoms with Crippen LogP contribution in [0.5, 0.6) is 0 Å². The second-order valence-corrected chi connectivity index (χ2v) is 7.10. The van der Waals surface area contributed by atoms with Crippen molar-refractivity contribution in [2.45, 2.75) is 32.9 Å². The van der Waals surface area contributed by atoms with E-state index in [9.17, 15) is 14.4 Å². The van der Waals surface area contributed by atoms with E-state index in [-0.39, 0.29) is 12.3 Å². The van der Waals surface area contributed by atoms with Gasteiger partial charge in [0.25, 0.3) is 5.91 Å². The summed E-state index contributed by atoms with van der Waals surface area (Å²) in [4.78, 5) is 38.5. The van der Waals surface area contributed by atoms with Gasteiger partial charge in [0, 0.05) is 25.2 Å². The van der Waals surface area contributed by atoms with E-state index in [1.165, 1.54) is 6.92 Å². The maximum atomic E-state index is 12.4. The van der Waals surface area contributed by atoms with Gasteiger partial charge >= 0.3 is 5.97 Å². The molecule has 0 saturated carbocycles. The van der Waals surface area contributed by atoms with Gasteiger partial charge in [0.2, 0.25) is 5.91 Å². The van der Waals surface area contributed by atoms with Gasteiger partial charge in [0.15, 0.2) is 6.10 Å². The summed E-state index contributed by atoms with van der Waals surface area (Å²) in [6.45, 7) is 4.26. The van der Waals surface area contributed by atoms with Crippen molar-refractivity contribution < 1.29 is 19.1 Å². The number of nitrogens with zero attached hydrogens (tertiary/aromatic N) is 1. The smallest absolute Gasteiger partial charge is 0.312 e. The number of hydrogen-bond acceptors (Lipinski definition) is 4. The molecule has 1 N–H and O–H groups in total. The van der Waals surface area contributed by atoms with Crippen LogP contribution >= 0.6 is 0 Å². The number of anilines is 1. The molecule has 146 valence electrons. The van der Waals surface area contributed by atoms with Gasteiger partial charge in [-0.2, -0.15) is 0 Å². The number of amides is 2. The lowest BCUT2D eigenvalue weighted by Crippen LogP contribution is -2.33. The Morgan fingerprint density at radius 2 is 1.82 bits per heavy atom. The summed E-state index contributed by atoms with van der Waals surface area (Å²) in [7, 11) is 0. The van der Waals surface area contributed by atoms with Crippen molar-refractivity contribution in [1.82, 2.24) is 4.90 Å². The summed E-state index contributed by atoms with van der Waals surface area (Å²) in [5.41, 5.74) is 2.74. The Labute approximate surface area is 164 Å². The largest absolute Gasteiger partial charge is 0.452 e. The first-order valence-electron chi connectivity index (χ1n) is 9.32. The van der Waals surface area contributed by atoms with Crippen molar-refractivity contribution in [3.8, 4) is 0 Å². The van der Waals surface area contributed by atoms with Gasteiger partial charge in [-0.3, -0.25) is 14.4 Å². The molecule has 0 spiro atoms. The van der Waals surface area contributed by atoms with Gasteiger partial charge < -0.3 is 15.0 Å². The van der Waals surface area contributed by atoms with E-state index >= 15 is 0 Å². The molecule has 0 bridgehead atoms. The van der Waals surface area contributed by atoms with Gasteiger partial charge in [-0.1, -0.05) is 48.0 Å². The number of carbonyl (C=O) groups excluding carboxylic acids is 3. The maximum absolute atomic E-state index is 12.4. The van der Waals surface area contributed by atoms with E-state index in [1.807, 2.05) is 49.4 Å². The van der Waals surface area contributed by atoms with Crippen LogP contribution in [0.25, 0.3) is 0 Å². The lowest BCUT2D eigenvalue weighted by molar-refractivity contribution is -0.157. The number of esters is 1. The van der Waals surface area contributed by atoms with Crippen LogP contribution in [-0.4, -0.2) is 35.3 Å². The number of nitrogens with one attached hydrogen (secondary N) is 1. The molecule has 3 rings (SSSR count). The van der Waals surface area contributed by atoms with E-state index in [1.54, 1.807) is 17.0 Å². The highest BCUT2D eigenvalue weighted by Gasteiger charge is 2.36. The molecule has 2 atom stereocenters. The van der Waals surface area contributed by atoms with Gasteiger partial charge in [-0.25, -0.2) is 0 Å². The van der Waals surface area contributed by atoms with E-state index in [4.69, 9.17) is 4.74 Å². The first-order chi connectivity index (χ1) is 13.4. The predicted octanol–water partition coefficient (Wildman–Crippen LogP) is 2.91. The fraction of sp³-hybridized carbons (Fsp3) is 0.318. The zero-order valence-corrected chi connectivity index (χ0v) is 16.1. The monoisotopic (exact) mass is 380 g/mol. The fourth-order valence-electron chi connectivity index (χ4n) is 3.09.